The molecule has 1 unspecified atom stereocenters. The molecule has 0 fully saturated rings. The summed E-state index contributed by atoms with van der Waals surface area (Å²) in [5.41, 5.74) is 0.719. The van der Waals surface area contributed by atoms with E-state index in [0.717, 1.165) is 5.56 Å². The molecule has 0 heterocycles. The second-order valence-electron chi connectivity index (χ2n) is 5.05. The van der Waals surface area contributed by atoms with E-state index in [1.807, 2.05) is 33.8 Å². The van der Waals surface area contributed by atoms with Gasteiger partial charge in [-0.25, -0.2) is 4.79 Å². The van der Waals surface area contributed by atoms with Gasteiger partial charge in [-0.2, -0.15) is 0 Å². The first kappa shape index (κ1) is 13.7. The fourth-order valence-electron chi connectivity index (χ4n) is 1.45. The van der Waals surface area contributed by atoms with Crippen molar-refractivity contribution < 1.29 is 14.6 Å². The maximum atomic E-state index is 11.8. The largest absolute Gasteiger partial charge is 0.456 e. The van der Waals surface area contributed by atoms with Crippen LogP contribution in [0.4, 0.5) is 0 Å². The highest BCUT2D eigenvalue weighted by Gasteiger charge is 2.18. The number of esters is 1. The Labute approximate surface area is 102 Å². The van der Waals surface area contributed by atoms with Gasteiger partial charge >= 0.3 is 5.97 Å². The van der Waals surface area contributed by atoms with Crippen molar-refractivity contribution >= 4 is 5.97 Å². The van der Waals surface area contributed by atoms with E-state index >= 15 is 0 Å². The third-order valence-electron chi connectivity index (χ3n) is 2.29. The third kappa shape index (κ3) is 4.19. The Hall–Kier alpha value is -1.35. The van der Waals surface area contributed by atoms with Gasteiger partial charge in [-0.15, -0.1) is 0 Å². The van der Waals surface area contributed by atoms with Gasteiger partial charge in [0.25, 0.3) is 0 Å². The maximum absolute atomic E-state index is 11.8. The van der Waals surface area contributed by atoms with Gasteiger partial charge < -0.3 is 9.84 Å². The molecule has 0 radical (unpaired) electrons. The SMILES string of the molecule is CCC(O)c1cccc(C(=O)OC(C)(C)C)c1. The molecule has 94 valence electrons. The molecule has 1 rings (SSSR count). The molecule has 3 nitrogen and oxygen atoms in total. The Balaban J connectivity index is 2.88. The summed E-state index contributed by atoms with van der Waals surface area (Å²) in [7, 11) is 0. The maximum Gasteiger partial charge on any atom is 0.338 e. The van der Waals surface area contributed by atoms with Crippen molar-refractivity contribution in [3.63, 3.8) is 0 Å². The first-order valence-electron chi connectivity index (χ1n) is 5.85. The Bertz CT molecular complexity index is 391. The normalized spacial score (nSPS) is 13.2. The standard InChI is InChI=1S/C14H20O3/c1-5-12(15)10-7-6-8-11(9-10)13(16)17-14(2,3)4/h6-9,12,15H,5H2,1-4H3. The molecule has 1 aromatic rings. The van der Waals surface area contributed by atoms with Gasteiger partial charge in [0, 0.05) is 0 Å². The lowest BCUT2D eigenvalue weighted by atomic mass is 10.0. The molecule has 0 aliphatic rings. The number of aliphatic hydroxyl groups excluding tert-OH is 1. The van der Waals surface area contributed by atoms with Gasteiger partial charge in [-0.05, 0) is 44.9 Å². The Kier molecular flexibility index (Phi) is 4.29. The van der Waals surface area contributed by atoms with Gasteiger partial charge in [-0.1, -0.05) is 19.1 Å². The Morgan fingerprint density at radius 1 is 1.41 bits per heavy atom. The zero-order valence-electron chi connectivity index (χ0n) is 10.9. The highest BCUT2D eigenvalue weighted by atomic mass is 16.6. The molecule has 17 heavy (non-hydrogen) atoms. The minimum absolute atomic E-state index is 0.359. The summed E-state index contributed by atoms with van der Waals surface area (Å²) >= 11 is 0. The molecule has 0 aliphatic heterocycles. The van der Waals surface area contributed by atoms with Crippen LogP contribution in [-0.4, -0.2) is 16.7 Å². The summed E-state index contributed by atoms with van der Waals surface area (Å²) < 4.78 is 5.27. The number of carbonyl (C=O) groups excluding carboxylic acids is 1. The van der Waals surface area contributed by atoms with Crippen LogP contribution in [0, 0.1) is 0 Å². The van der Waals surface area contributed by atoms with Gasteiger partial charge in [0.05, 0.1) is 11.7 Å². The van der Waals surface area contributed by atoms with Crippen molar-refractivity contribution in [2.75, 3.05) is 0 Å². The average Bonchev–Trinajstić information content (AvgIpc) is 2.26. The quantitative estimate of drug-likeness (QED) is 0.820. The monoisotopic (exact) mass is 236 g/mol. The number of hydrogen-bond acceptors (Lipinski definition) is 3. The minimum atomic E-state index is -0.530. The van der Waals surface area contributed by atoms with E-state index in [4.69, 9.17) is 4.74 Å². The number of rotatable bonds is 3. The molecule has 1 aromatic carbocycles. The van der Waals surface area contributed by atoms with Crippen LogP contribution in [0.5, 0.6) is 0 Å². The zero-order chi connectivity index (χ0) is 13.1. The average molecular weight is 236 g/mol. The summed E-state index contributed by atoms with van der Waals surface area (Å²) in [6, 6.07) is 6.94. The molecular formula is C14H20O3. The van der Waals surface area contributed by atoms with Gasteiger partial charge in [0.2, 0.25) is 0 Å². The van der Waals surface area contributed by atoms with Crippen LogP contribution < -0.4 is 0 Å². The molecule has 1 N–H and O–H groups in total. The molecule has 0 aromatic heterocycles. The highest BCUT2D eigenvalue weighted by molar-refractivity contribution is 5.89. The zero-order valence-corrected chi connectivity index (χ0v) is 10.9. The minimum Gasteiger partial charge on any atom is -0.456 e. The van der Waals surface area contributed by atoms with Crippen molar-refractivity contribution in [2.24, 2.45) is 0 Å². The molecule has 0 saturated carbocycles. The molecule has 0 aliphatic carbocycles. The van der Waals surface area contributed by atoms with E-state index in [1.54, 1.807) is 18.2 Å². The molecule has 0 spiro atoms. The van der Waals surface area contributed by atoms with Crippen LogP contribution in [0.2, 0.25) is 0 Å². The van der Waals surface area contributed by atoms with Crippen LogP contribution in [0.25, 0.3) is 0 Å². The van der Waals surface area contributed by atoms with E-state index in [0.29, 0.717) is 12.0 Å². The fraction of sp³-hybridized carbons (Fsp3) is 0.500. The molecule has 0 bridgehead atoms. The molecule has 3 heteroatoms. The first-order valence-corrected chi connectivity index (χ1v) is 5.85. The number of carbonyl (C=O) groups is 1. The first-order chi connectivity index (χ1) is 7.83. The van der Waals surface area contributed by atoms with E-state index in [1.165, 1.54) is 0 Å². The van der Waals surface area contributed by atoms with E-state index in [2.05, 4.69) is 0 Å². The van der Waals surface area contributed by atoms with Crippen LogP contribution in [-0.2, 0) is 4.74 Å². The third-order valence-corrected chi connectivity index (χ3v) is 2.29. The lowest BCUT2D eigenvalue weighted by Gasteiger charge is -2.19. The second kappa shape index (κ2) is 5.32. The molecule has 0 saturated heterocycles. The summed E-state index contributed by atoms with van der Waals surface area (Å²) in [6.45, 7) is 7.38. The molecule has 0 amide bonds. The van der Waals surface area contributed by atoms with Crippen molar-refractivity contribution in [3.05, 3.63) is 35.4 Å². The number of aliphatic hydroxyl groups is 1. The van der Waals surface area contributed by atoms with Crippen LogP contribution in [0.1, 0.15) is 56.1 Å². The number of benzene rings is 1. The van der Waals surface area contributed by atoms with E-state index in [9.17, 15) is 9.90 Å². The summed E-state index contributed by atoms with van der Waals surface area (Å²) in [5, 5.41) is 9.72. The van der Waals surface area contributed by atoms with Crippen molar-refractivity contribution in [2.45, 2.75) is 45.8 Å². The van der Waals surface area contributed by atoms with Crippen LogP contribution in [0.15, 0.2) is 24.3 Å². The van der Waals surface area contributed by atoms with Gasteiger partial charge in [-0.3, -0.25) is 0 Å². The second-order valence-corrected chi connectivity index (χ2v) is 5.05. The van der Waals surface area contributed by atoms with Gasteiger partial charge in [0.15, 0.2) is 0 Å². The molecule has 1 atom stereocenters. The van der Waals surface area contributed by atoms with Gasteiger partial charge in [0.1, 0.15) is 5.60 Å². The predicted octanol–water partition coefficient (Wildman–Crippen LogP) is 3.09. The van der Waals surface area contributed by atoms with Crippen LogP contribution in [0.3, 0.4) is 0 Å². The smallest absolute Gasteiger partial charge is 0.338 e. The Morgan fingerprint density at radius 3 is 2.59 bits per heavy atom. The van der Waals surface area contributed by atoms with Crippen molar-refractivity contribution in [3.8, 4) is 0 Å². The van der Waals surface area contributed by atoms with E-state index in [-0.39, 0.29) is 5.97 Å². The number of hydrogen-bond donors (Lipinski definition) is 1. The lowest BCUT2D eigenvalue weighted by molar-refractivity contribution is 0.00693. The molecular weight excluding hydrogens is 216 g/mol. The van der Waals surface area contributed by atoms with Crippen molar-refractivity contribution in [1.29, 1.82) is 0 Å². The number of ether oxygens (including phenoxy) is 1. The van der Waals surface area contributed by atoms with Crippen molar-refractivity contribution in [1.82, 2.24) is 0 Å². The topological polar surface area (TPSA) is 46.5 Å². The lowest BCUT2D eigenvalue weighted by Crippen LogP contribution is -2.24. The predicted molar refractivity (Wildman–Crippen MR) is 66.9 cm³/mol. The highest BCUT2D eigenvalue weighted by Crippen LogP contribution is 2.19. The fourth-order valence-corrected chi connectivity index (χ4v) is 1.45. The summed E-state index contributed by atoms with van der Waals surface area (Å²) in [5.74, 6) is -0.359. The van der Waals surface area contributed by atoms with E-state index < -0.39 is 11.7 Å². The summed E-state index contributed by atoms with van der Waals surface area (Å²) in [6.07, 6.45) is 0.0926. The summed E-state index contributed by atoms with van der Waals surface area (Å²) in [4.78, 5) is 11.8. The Morgan fingerprint density at radius 2 is 2.06 bits per heavy atom. The van der Waals surface area contributed by atoms with Crippen LogP contribution >= 0.6 is 0 Å².